The number of carbonyl (C=O) groups excluding carboxylic acids is 2. The Bertz CT molecular complexity index is 755. The minimum absolute atomic E-state index is 0.0315. The molecule has 1 fully saturated rings. The van der Waals surface area contributed by atoms with E-state index >= 15 is 0 Å². The molecule has 2 aromatic rings. The molecule has 1 aliphatic heterocycles. The van der Waals surface area contributed by atoms with Gasteiger partial charge >= 0.3 is 0 Å². The van der Waals surface area contributed by atoms with Gasteiger partial charge in [-0.1, -0.05) is 18.2 Å². The van der Waals surface area contributed by atoms with Crippen molar-refractivity contribution in [3.63, 3.8) is 0 Å². The third-order valence-corrected chi connectivity index (χ3v) is 5.84. The van der Waals surface area contributed by atoms with Crippen LogP contribution in [0.5, 0.6) is 5.75 Å². The Morgan fingerprint density at radius 2 is 2.00 bits per heavy atom. The van der Waals surface area contributed by atoms with Crippen LogP contribution in [0.25, 0.3) is 0 Å². The van der Waals surface area contributed by atoms with E-state index in [0.29, 0.717) is 11.4 Å². The van der Waals surface area contributed by atoms with Crippen LogP contribution in [-0.2, 0) is 4.79 Å². The number of carbonyl (C=O) groups is 2. The van der Waals surface area contributed by atoms with E-state index in [0.717, 1.165) is 24.4 Å². The largest absolute Gasteiger partial charge is 0.497 e. The number of hydrogen-bond acceptors (Lipinski definition) is 5. The van der Waals surface area contributed by atoms with Crippen LogP contribution >= 0.6 is 11.3 Å². The van der Waals surface area contributed by atoms with E-state index in [1.807, 2.05) is 29.6 Å². The first-order valence-electron chi connectivity index (χ1n) is 9.39. The number of methoxy groups -OCH3 is 1. The minimum atomic E-state index is -0.0769. The van der Waals surface area contributed by atoms with Crippen LogP contribution in [0.2, 0.25) is 0 Å². The minimum Gasteiger partial charge on any atom is -0.497 e. The second-order valence-electron chi connectivity index (χ2n) is 6.74. The summed E-state index contributed by atoms with van der Waals surface area (Å²) in [6, 6.07) is 11.8. The number of ether oxygens (including phenoxy) is 1. The Morgan fingerprint density at radius 3 is 2.70 bits per heavy atom. The molecule has 0 radical (unpaired) electrons. The monoisotopic (exact) mass is 386 g/mol. The molecule has 3 rings (SSSR count). The van der Waals surface area contributed by atoms with Gasteiger partial charge in [0.25, 0.3) is 0 Å². The van der Waals surface area contributed by atoms with Gasteiger partial charge in [0.05, 0.1) is 18.0 Å². The van der Waals surface area contributed by atoms with Crippen molar-refractivity contribution < 1.29 is 14.3 Å². The van der Waals surface area contributed by atoms with E-state index < -0.39 is 0 Å². The predicted molar refractivity (Wildman–Crippen MR) is 107 cm³/mol. The molecule has 0 bridgehead atoms. The zero-order valence-corrected chi connectivity index (χ0v) is 16.5. The van der Waals surface area contributed by atoms with E-state index in [1.165, 1.54) is 24.2 Å². The lowest BCUT2D eigenvalue weighted by Gasteiger charge is -2.28. The molecular formula is C21H26N2O3S. The van der Waals surface area contributed by atoms with Crippen LogP contribution in [0.3, 0.4) is 0 Å². The van der Waals surface area contributed by atoms with E-state index in [-0.39, 0.29) is 30.6 Å². The molecule has 0 aliphatic carbocycles. The Balaban J connectivity index is 1.57. The van der Waals surface area contributed by atoms with Crippen LogP contribution in [0.4, 0.5) is 0 Å². The van der Waals surface area contributed by atoms with Gasteiger partial charge in [-0.25, -0.2) is 0 Å². The maximum absolute atomic E-state index is 12.3. The smallest absolute Gasteiger partial charge is 0.220 e. The van der Waals surface area contributed by atoms with Gasteiger partial charge in [-0.15, -0.1) is 11.3 Å². The molecule has 6 heteroatoms. The second kappa shape index (κ2) is 9.67. The van der Waals surface area contributed by atoms with Crippen molar-refractivity contribution in [1.29, 1.82) is 0 Å². The molecule has 1 saturated heterocycles. The number of hydrogen-bond donors (Lipinski definition) is 1. The van der Waals surface area contributed by atoms with E-state index in [2.05, 4.69) is 16.3 Å². The third kappa shape index (κ3) is 5.40. The summed E-state index contributed by atoms with van der Waals surface area (Å²) < 4.78 is 5.35. The molecule has 144 valence electrons. The summed E-state index contributed by atoms with van der Waals surface area (Å²) >= 11 is 1.42. The number of likely N-dealkylation sites (tertiary alicyclic amines) is 1. The Kier molecular flexibility index (Phi) is 7.01. The lowest BCUT2D eigenvalue weighted by atomic mass is 10.0. The number of benzene rings is 1. The highest BCUT2D eigenvalue weighted by atomic mass is 32.1. The molecule has 0 spiro atoms. The molecular weight excluding hydrogens is 360 g/mol. The maximum atomic E-state index is 12.3. The van der Waals surface area contributed by atoms with E-state index in [9.17, 15) is 9.59 Å². The van der Waals surface area contributed by atoms with E-state index in [1.54, 1.807) is 13.2 Å². The van der Waals surface area contributed by atoms with Crippen LogP contribution < -0.4 is 10.1 Å². The quantitative estimate of drug-likeness (QED) is 0.668. The summed E-state index contributed by atoms with van der Waals surface area (Å²) in [5.74, 6) is 0.778. The van der Waals surface area contributed by atoms with Gasteiger partial charge in [0.2, 0.25) is 5.91 Å². The summed E-state index contributed by atoms with van der Waals surface area (Å²) in [5.41, 5.74) is 1.14. The standard InChI is InChI=1S/C21H26N2O3S/c1-26-17-7-4-6-16(14-17)18(23-11-2-3-12-23)15-22-21(25)10-9-19(24)20-8-5-13-27-20/h4-8,13-14,18H,2-3,9-12,15H2,1H3,(H,22,25). The lowest BCUT2D eigenvalue weighted by molar-refractivity contribution is -0.121. The lowest BCUT2D eigenvalue weighted by Crippen LogP contribution is -2.36. The van der Waals surface area contributed by atoms with Crippen LogP contribution in [0.1, 0.15) is 47.0 Å². The van der Waals surface area contributed by atoms with Crippen LogP contribution in [0.15, 0.2) is 41.8 Å². The van der Waals surface area contributed by atoms with Gasteiger partial charge in [-0.3, -0.25) is 14.5 Å². The first-order valence-corrected chi connectivity index (χ1v) is 10.3. The molecule has 1 aromatic carbocycles. The number of ketones is 1. The van der Waals surface area contributed by atoms with Gasteiger partial charge in [-0.2, -0.15) is 0 Å². The molecule has 1 N–H and O–H groups in total. The highest BCUT2D eigenvalue weighted by Crippen LogP contribution is 2.27. The Labute approximate surface area is 164 Å². The SMILES string of the molecule is COc1cccc(C(CNC(=O)CCC(=O)c2cccs2)N2CCCC2)c1. The number of rotatable bonds is 9. The van der Waals surface area contributed by atoms with Gasteiger partial charge in [0, 0.05) is 19.4 Å². The van der Waals surface area contributed by atoms with Crippen molar-refractivity contribution in [2.75, 3.05) is 26.7 Å². The average Bonchev–Trinajstić information content (AvgIpc) is 3.40. The normalized spacial score (nSPS) is 15.4. The fraction of sp³-hybridized carbons (Fsp3) is 0.429. The molecule has 1 amide bonds. The fourth-order valence-corrected chi connectivity index (χ4v) is 4.14. The summed E-state index contributed by atoms with van der Waals surface area (Å²) in [4.78, 5) is 27.5. The van der Waals surface area contributed by atoms with Crippen molar-refractivity contribution in [3.05, 3.63) is 52.2 Å². The molecule has 1 aromatic heterocycles. The second-order valence-corrected chi connectivity index (χ2v) is 7.69. The molecule has 1 unspecified atom stereocenters. The van der Waals surface area contributed by atoms with Crippen LogP contribution in [-0.4, -0.2) is 43.3 Å². The molecule has 0 saturated carbocycles. The highest BCUT2D eigenvalue weighted by molar-refractivity contribution is 7.12. The average molecular weight is 387 g/mol. The summed E-state index contributed by atoms with van der Waals surface area (Å²) in [6.07, 6.45) is 2.84. The third-order valence-electron chi connectivity index (χ3n) is 4.93. The first kappa shape index (κ1) is 19.6. The van der Waals surface area contributed by atoms with Gasteiger partial charge < -0.3 is 10.1 Å². The predicted octanol–water partition coefficient (Wildman–Crippen LogP) is 3.67. The zero-order chi connectivity index (χ0) is 19.1. The van der Waals surface area contributed by atoms with Crippen LogP contribution in [0, 0.1) is 0 Å². The number of amides is 1. The van der Waals surface area contributed by atoms with Crippen molar-refractivity contribution in [3.8, 4) is 5.75 Å². The topological polar surface area (TPSA) is 58.6 Å². The van der Waals surface area contributed by atoms with Crippen molar-refractivity contribution in [1.82, 2.24) is 10.2 Å². The zero-order valence-electron chi connectivity index (χ0n) is 15.6. The Hall–Kier alpha value is -2.18. The molecule has 27 heavy (non-hydrogen) atoms. The summed E-state index contributed by atoms with van der Waals surface area (Å²) in [6.45, 7) is 2.61. The molecule has 2 heterocycles. The number of nitrogens with zero attached hydrogens (tertiary/aromatic N) is 1. The molecule has 1 aliphatic rings. The number of nitrogens with one attached hydrogen (secondary N) is 1. The fourth-order valence-electron chi connectivity index (χ4n) is 3.45. The van der Waals surface area contributed by atoms with Crippen molar-refractivity contribution in [2.24, 2.45) is 0 Å². The highest BCUT2D eigenvalue weighted by Gasteiger charge is 2.24. The molecule has 5 nitrogen and oxygen atoms in total. The summed E-state index contributed by atoms with van der Waals surface area (Å²) in [7, 11) is 1.66. The Morgan fingerprint density at radius 1 is 1.19 bits per heavy atom. The van der Waals surface area contributed by atoms with Crippen molar-refractivity contribution >= 4 is 23.0 Å². The van der Waals surface area contributed by atoms with Gasteiger partial charge in [0.1, 0.15) is 5.75 Å². The number of Topliss-reactive ketones (excluding diaryl/α,β-unsaturated/α-hetero) is 1. The van der Waals surface area contributed by atoms with Crippen molar-refractivity contribution in [2.45, 2.75) is 31.7 Å². The molecule has 1 atom stereocenters. The summed E-state index contributed by atoms with van der Waals surface area (Å²) in [5, 5.41) is 4.90. The first-order chi connectivity index (χ1) is 13.2. The number of thiophene rings is 1. The van der Waals surface area contributed by atoms with Gasteiger partial charge in [-0.05, 0) is 55.1 Å². The van der Waals surface area contributed by atoms with Gasteiger partial charge in [0.15, 0.2) is 5.78 Å². The maximum Gasteiger partial charge on any atom is 0.220 e. The van der Waals surface area contributed by atoms with E-state index in [4.69, 9.17) is 4.74 Å².